The van der Waals surface area contributed by atoms with Gasteiger partial charge in [0.25, 0.3) is 5.91 Å². The maximum atomic E-state index is 12.1. The Morgan fingerprint density at radius 3 is 2.65 bits per heavy atom. The average molecular weight is 296 g/mol. The highest BCUT2D eigenvalue weighted by molar-refractivity contribution is 6.32. The molecule has 1 aliphatic carbocycles. The van der Waals surface area contributed by atoms with Gasteiger partial charge in [0.1, 0.15) is 5.75 Å². The van der Waals surface area contributed by atoms with Crippen molar-refractivity contribution in [3.05, 3.63) is 28.8 Å². The van der Waals surface area contributed by atoms with Gasteiger partial charge in [-0.25, -0.2) is 0 Å². The Bertz CT molecular complexity index is 468. The third kappa shape index (κ3) is 3.89. The second-order valence-corrected chi connectivity index (χ2v) is 6.05. The van der Waals surface area contributed by atoms with Gasteiger partial charge in [-0.2, -0.15) is 0 Å². The zero-order chi connectivity index (χ0) is 14.5. The van der Waals surface area contributed by atoms with Crippen molar-refractivity contribution >= 4 is 17.5 Å². The number of phenolic OH excluding ortho intramolecular Hbond substituents is 1. The summed E-state index contributed by atoms with van der Waals surface area (Å²) in [5, 5.41) is 12.6. The summed E-state index contributed by atoms with van der Waals surface area (Å²) in [6, 6.07) is 4.83. The SMILES string of the molecule is CCCC1CCC(NC(=O)c2ccc(O)c(Cl)c2)CC1. The van der Waals surface area contributed by atoms with Crippen molar-refractivity contribution in [1.29, 1.82) is 0 Å². The van der Waals surface area contributed by atoms with E-state index < -0.39 is 0 Å². The minimum absolute atomic E-state index is 0.00305. The number of benzene rings is 1. The number of amides is 1. The van der Waals surface area contributed by atoms with E-state index in [4.69, 9.17) is 11.6 Å². The van der Waals surface area contributed by atoms with E-state index >= 15 is 0 Å². The van der Waals surface area contributed by atoms with E-state index in [9.17, 15) is 9.90 Å². The second kappa shape index (κ2) is 6.98. The van der Waals surface area contributed by atoms with Gasteiger partial charge in [-0.15, -0.1) is 0 Å². The highest BCUT2D eigenvalue weighted by Gasteiger charge is 2.22. The minimum atomic E-state index is -0.106. The van der Waals surface area contributed by atoms with Crippen molar-refractivity contribution in [3.8, 4) is 5.75 Å². The number of phenols is 1. The molecule has 20 heavy (non-hydrogen) atoms. The largest absolute Gasteiger partial charge is 0.506 e. The Labute approximate surface area is 125 Å². The van der Waals surface area contributed by atoms with Crippen LogP contribution in [0.4, 0.5) is 0 Å². The maximum Gasteiger partial charge on any atom is 0.251 e. The Morgan fingerprint density at radius 2 is 2.05 bits per heavy atom. The summed E-state index contributed by atoms with van der Waals surface area (Å²) in [6.45, 7) is 2.22. The van der Waals surface area contributed by atoms with E-state index in [2.05, 4.69) is 12.2 Å². The van der Waals surface area contributed by atoms with Crippen LogP contribution in [0.1, 0.15) is 55.8 Å². The molecule has 0 saturated heterocycles. The molecule has 2 rings (SSSR count). The van der Waals surface area contributed by atoms with Gasteiger partial charge in [-0.05, 0) is 49.8 Å². The van der Waals surface area contributed by atoms with E-state index in [1.165, 1.54) is 37.8 Å². The van der Waals surface area contributed by atoms with Crippen LogP contribution in [0.25, 0.3) is 0 Å². The van der Waals surface area contributed by atoms with Crippen LogP contribution in [0.5, 0.6) is 5.75 Å². The number of nitrogens with one attached hydrogen (secondary N) is 1. The molecule has 1 saturated carbocycles. The van der Waals surface area contributed by atoms with Gasteiger partial charge in [-0.3, -0.25) is 4.79 Å². The molecule has 1 aliphatic rings. The Hall–Kier alpha value is -1.22. The van der Waals surface area contributed by atoms with Crippen LogP contribution in [0.15, 0.2) is 18.2 Å². The molecule has 0 heterocycles. The summed E-state index contributed by atoms with van der Waals surface area (Å²) in [5.74, 6) is 0.727. The number of halogens is 1. The molecule has 0 atom stereocenters. The van der Waals surface area contributed by atoms with Gasteiger partial charge in [0.2, 0.25) is 0 Å². The van der Waals surface area contributed by atoms with E-state index in [-0.39, 0.29) is 22.7 Å². The lowest BCUT2D eigenvalue weighted by Crippen LogP contribution is -2.37. The molecular formula is C16H22ClNO2. The lowest BCUT2D eigenvalue weighted by molar-refractivity contribution is 0.0921. The van der Waals surface area contributed by atoms with Gasteiger partial charge in [0.15, 0.2) is 0 Å². The highest BCUT2D eigenvalue weighted by atomic mass is 35.5. The summed E-state index contributed by atoms with van der Waals surface area (Å²) in [7, 11) is 0. The van der Waals surface area contributed by atoms with E-state index in [0.29, 0.717) is 5.56 Å². The Kier molecular flexibility index (Phi) is 5.30. The molecule has 0 aliphatic heterocycles. The topological polar surface area (TPSA) is 49.3 Å². The van der Waals surface area contributed by atoms with Crippen molar-refractivity contribution in [1.82, 2.24) is 5.32 Å². The molecule has 0 radical (unpaired) electrons. The van der Waals surface area contributed by atoms with Crippen LogP contribution in [-0.4, -0.2) is 17.1 Å². The second-order valence-electron chi connectivity index (χ2n) is 5.65. The third-order valence-corrected chi connectivity index (χ3v) is 4.39. The van der Waals surface area contributed by atoms with Crippen LogP contribution in [-0.2, 0) is 0 Å². The maximum absolute atomic E-state index is 12.1. The first-order valence-corrected chi connectivity index (χ1v) is 7.77. The predicted octanol–water partition coefficient (Wildman–Crippen LogP) is 4.13. The molecule has 3 nitrogen and oxygen atoms in total. The molecule has 0 unspecified atom stereocenters. The fourth-order valence-electron chi connectivity index (χ4n) is 2.92. The zero-order valence-electron chi connectivity index (χ0n) is 11.9. The van der Waals surface area contributed by atoms with Crippen LogP contribution in [0.3, 0.4) is 0 Å². The van der Waals surface area contributed by atoms with Gasteiger partial charge < -0.3 is 10.4 Å². The first-order valence-electron chi connectivity index (χ1n) is 7.39. The van der Waals surface area contributed by atoms with E-state index in [0.717, 1.165) is 18.8 Å². The standard InChI is InChI=1S/C16H22ClNO2/c1-2-3-11-4-7-13(8-5-11)18-16(20)12-6-9-15(19)14(17)10-12/h6,9-11,13,19H,2-5,7-8H2,1H3,(H,18,20). The number of hydrogen-bond donors (Lipinski definition) is 2. The van der Waals surface area contributed by atoms with Gasteiger partial charge in [0.05, 0.1) is 5.02 Å². The van der Waals surface area contributed by atoms with Gasteiger partial charge in [0, 0.05) is 11.6 Å². The third-order valence-electron chi connectivity index (χ3n) is 4.09. The molecule has 0 aromatic heterocycles. The molecule has 1 aromatic carbocycles. The summed E-state index contributed by atoms with van der Waals surface area (Å²) in [4.78, 5) is 12.1. The summed E-state index contributed by atoms with van der Waals surface area (Å²) >= 11 is 5.82. The number of carbonyl (C=O) groups is 1. The van der Waals surface area contributed by atoms with Gasteiger partial charge in [-0.1, -0.05) is 31.4 Å². The summed E-state index contributed by atoms with van der Waals surface area (Å²) in [5.41, 5.74) is 0.503. The van der Waals surface area contributed by atoms with Crippen molar-refractivity contribution in [2.45, 2.75) is 51.5 Å². The van der Waals surface area contributed by atoms with E-state index in [1.807, 2.05) is 0 Å². The highest BCUT2D eigenvalue weighted by Crippen LogP contribution is 2.28. The molecule has 4 heteroatoms. The fraction of sp³-hybridized carbons (Fsp3) is 0.562. The molecule has 110 valence electrons. The quantitative estimate of drug-likeness (QED) is 0.877. The lowest BCUT2D eigenvalue weighted by atomic mass is 9.83. The van der Waals surface area contributed by atoms with E-state index in [1.54, 1.807) is 6.07 Å². The molecule has 2 N–H and O–H groups in total. The Morgan fingerprint density at radius 1 is 1.35 bits per heavy atom. The minimum Gasteiger partial charge on any atom is -0.506 e. The number of hydrogen-bond acceptors (Lipinski definition) is 2. The smallest absolute Gasteiger partial charge is 0.251 e. The number of aromatic hydroxyl groups is 1. The number of rotatable bonds is 4. The normalized spacial score (nSPS) is 22.5. The van der Waals surface area contributed by atoms with Crippen molar-refractivity contribution < 1.29 is 9.90 Å². The molecule has 0 bridgehead atoms. The van der Waals surface area contributed by atoms with Crippen LogP contribution in [0, 0.1) is 5.92 Å². The predicted molar refractivity (Wildman–Crippen MR) is 81.2 cm³/mol. The van der Waals surface area contributed by atoms with Crippen molar-refractivity contribution in [2.75, 3.05) is 0 Å². The zero-order valence-corrected chi connectivity index (χ0v) is 12.6. The monoisotopic (exact) mass is 295 g/mol. The summed E-state index contributed by atoms with van der Waals surface area (Å²) < 4.78 is 0. The van der Waals surface area contributed by atoms with Crippen molar-refractivity contribution in [2.24, 2.45) is 5.92 Å². The molecule has 1 amide bonds. The molecular weight excluding hydrogens is 274 g/mol. The van der Waals surface area contributed by atoms with Crippen LogP contribution < -0.4 is 5.32 Å². The first kappa shape index (κ1) is 15.2. The average Bonchev–Trinajstić information content (AvgIpc) is 2.44. The molecule has 1 fully saturated rings. The Balaban J connectivity index is 1.87. The first-order chi connectivity index (χ1) is 9.60. The molecule has 0 spiro atoms. The van der Waals surface area contributed by atoms with Gasteiger partial charge >= 0.3 is 0 Å². The van der Waals surface area contributed by atoms with Crippen LogP contribution >= 0.6 is 11.6 Å². The summed E-state index contributed by atoms with van der Waals surface area (Å²) in [6.07, 6.45) is 7.07. The van der Waals surface area contributed by atoms with Crippen molar-refractivity contribution in [3.63, 3.8) is 0 Å². The molecule has 1 aromatic rings. The lowest BCUT2D eigenvalue weighted by Gasteiger charge is -2.29. The van der Waals surface area contributed by atoms with Crippen LogP contribution in [0.2, 0.25) is 5.02 Å². The fourth-order valence-corrected chi connectivity index (χ4v) is 3.10. The number of carbonyl (C=O) groups excluding carboxylic acids is 1.